The average molecular weight is 487 g/mol. The number of amides is 1. The second kappa shape index (κ2) is 8.22. The monoisotopic (exact) mass is 486 g/mol. The Morgan fingerprint density at radius 2 is 1.82 bits per heavy atom. The first-order chi connectivity index (χ1) is 15.6. The predicted molar refractivity (Wildman–Crippen MR) is 123 cm³/mol. The third kappa shape index (κ3) is 4.13. The highest BCUT2D eigenvalue weighted by Gasteiger charge is 2.26. The van der Waals surface area contributed by atoms with Crippen LogP contribution in [0.2, 0.25) is 0 Å². The van der Waals surface area contributed by atoms with Gasteiger partial charge in [-0.2, -0.15) is 4.73 Å². The normalized spacial score (nSPS) is 11.5. The van der Waals surface area contributed by atoms with Crippen LogP contribution >= 0.6 is 11.3 Å². The minimum atomic E-state index is -4.07. The number of aromatic nitrogens is 2. The number of carbonyl (C=O) groups excluding carboxylic acids is 2. The van der Waals surface area contributed by atoms with Gasteiger partial charge >= 0.3 is 0 Å². The molecule has 0 aliphatic rings. The Bertz CT molecular complexity index is 1510. The molecule has 2 aromatic carbocycles. The first-order valence-corrected chi connectivity index (χ1v) is 11.8. The van der Waals surface area contributed by atoms with Crippen LogP contribution in [0, 0.1) is 6.92 Å². The van der Waals surface area contributed by atoms with Crippen LogP contribution in [0.3, 0.4) is 0 Å². The van der Waals surface area contributed by atoms with E-state index in [4.69, 9.17) is 0 Å². The van der Waals surface area contributed by atoms with Gasteiger partial charge in [-0.1, -0.05) is 41.7 Å². The van der Waals surface area contributed by atoms with E-state index < -0.39 is 21.7 Å². The Labute approximate surface area is 192 Å². The molecule has 4 aromatic rings. The fourth-order valence-electron chi connectivity index (χ4n) is 3.32. The molecule has 0 atom stereocenters. The summed E-state index contributed by atoms with van der Waals surface area (Å²) in [5, 5.41) is 23.6. The van der Waals surface area contributed by atoms with E-state index in [1.54, 1.807) is 30.3 Å². The van der Waals surface area contributed by atoms with Gasteiger partial charge in [0, 0.05) is 17.9 Å². The van der Waals surface area contributed by atoms with Crippen LogP contribution in [0.5, 0.6) is 5.88 Å². The molecule has 0 bridgehead atoms. The summed E-state index contributed by atoms with van der Waals surface area (Å²) in [6, 6.07) is 12.4. The minimum Gasteiger partial charge on any atom is -0.492 e. The van der Waals surface area contributed by atoms with Crippen molar-refractivity contribution in [3.8, 4) is 5.88 Å². The van der Waals surface area contributed by atoms with E-state index >= 15 is 0 Å². The molecule has 4 N–H and O–H groups in total. The largest absolute Gasteiger partial charge is 0.492 e. The van der Waals surface area contributed by atoms with Gasteiger partial charge in [-0.15, -0.1) is 0 Å². The summed E-state index contributed by atoms with van der Waals surface area (Å²) in [7, 11) is -4.07. The summed E-state index contributed by atoms with van der Waals surface area (Å²) in [4.78, 5) is 28.1. The third-order valence-electron chi connectivity index (χ3n) is 4.72. The van der Waals surface area contributed by atoms with Gasteiger partial charge in [0.2, 0.25) is 11.8 Å². The summed E-state index contributed by atoms with van der Waals surface area (Å²) in [5.41, 5.74) is 0.540. The maximum absolute atomic E-state index is 12.9. The maximum atomic E-state index is 12.9. The summed E-state index contributed by atoms with van der Waals surface area (Å²) in [6.45, 7) is 2.78. The van der Waals surface area contributed by atoms with E-state index in [0.29, 0.717) is 10.3 Å². The minimum absolute atomic E-state index is 0.0342. The molecule has 0 saturated heterocycles. The van der Waals surface area contributed by atoms with Crippen LogP contribution < -0.4 is 10.0 Å². The first-order valence-electron chi connectivity index (χ1n) is 9.52. The van der Waals surface area contributed by atoms with Crippen molar-refractivity contribution in [3.05, 3.63) is 65.4 Å². The van der Waals surface area contributed by atoms with E-state index in [9.17, 15) is 28.3 Å². The molecule has 0 aliphatic carbocycles. The van der Waals surface area contributed by atoms with E-state index in [1.165, 1.54) is 32.0 Å². The second-order valence-electron chi connectivity index (χ2n) is 7.12. The Morgan fingerprint density at radius 1 is 1.12 bits per heavy atom. The maximum Gasteiger partial charge on any atom is 0.273 e. The number of hydrogen-bond acceptors (Lipinski definition) is 8. The molecular formula is C21H18N4O6S2. The van der Waals surface area contributed by atoms with Crippen molar-refractivity contribution in [2.45, 2.75) is 18.1 Å². The number of anilines is 2. The number of fused-ring (bicyclic) bond motifs is 1. The highest BCUT2D eigenvalue weighted by molar-refractivity contribution is 7.94. The number of aryl methyl sites for hydroxylation is 1. The zero-order chi connectivity index (χ0) is 23.9. The molecule has 12 heteroatoms. The summed E-state index contributed by atoms with van der Waals surface area (Å²) < 4.78 is 28.5. The molecule has 33 heavy (non-hydrogen) atoms. The Morgan fingerprint density at radius 3 is 2.48 bits per heavy atom. The molecule has 0 fully saturated rings. The Balaban J connectivity index is 1.71. The summed E-state index contributed by atoms with van der Waals surface area (Å²) in [5.74, 6) is -1.53. The first kappa shape index (κ1) is 22.3. The van der Waals surface area contributed by atoms with Crippen molar-refractivity contribution in [3.63, 3.8) is 0 Å². The Hall–Kier alpha value is -3.90. The smallest absolute Gasteiger partial charge is 0.273 e. The van der Waals surface area contributed by atoms with Gasteiger partial charge < -0.3 is 15.6 Å². The zero-order valence-corrected chi connectivity index (χ0v) is 19.0. The lowest BCUT2D eigenvalue weighted by Crippen LogP contribution is -2.12. The van der Waals surface area contributed by atoms with Crippen LogP contribution in [-0.2, 0) is 14.8 Å². The van der Waals surface area contributed by atoms with Crippen LogP contribution in [-0.4, -0.2) is 40.1 Å². The van der Waals surface area contributed by atoms with Gasteiger partial charge in [0.05, 0.1) is 22.5 Å². The van der Waals surface area contributed by atoms with Crippen LogP contribution in [0.25, 0.3) is 10.9 Å². The van der Waals surface area contributed by atoms with Gasteiger partial charge in [-0.3, -0.25) is 14.3 Å². The van der Waals surface area contributed by atoms with Gasteiger partial charge in [0.15, 0.2) is 15.1 Å². The van der Waals surface area contributed by atoms with E-state index in [-0.39, 0.29) is 43.1 Å². The number of hydrogen-bond donors (Lipinski definition) is 4. The molecule has 2 heterocycles. The summed E-state index contributed by atoms with van der Waals surface area (Å²) in [6.07, 6.45) is 0. The number of nitrogens with zero attached hydrogens (tertiary/aromatic N) is 2. The molecule has 2 aromatic heterocycles. The quantitative estimate of drug-likeness (QED) is 0.241. The predicted octanol–water partition coefficient (Wildman–Crippen LogP) is 3.34. The molecule has 0 saturated carbocycles. The standard InChI is InChI=1S/C21H18N4O6S2/c1-11-20(32-21(22-11)23-12(2)26)33(30,31)24-14-8-9-15-16(10-14)25(29)19(28)17(15)18(27)13-6-4-3-5-7-13/h3-10,24,28-29H,1-2H3,(H,22,23,26). The fourth-order valence-corrected chi connectivity index (χ4v) is 5.83. The number of aromatic hydroxyl groups is 1. The number of sulfonamides is 1. The highest BCUT2D eigenvalue weighted by atomic mass is 32.2. The molecule has 0 unspecified atom stereocenters. The van der Waals surface area contributed by atoms with Crippen LogP contribution in [0.15, 0.2) is 52.7 Å². The van der Waals surface area contributed by atoms with Gasteiger partial charge in [-0.05, 0) is 25.1 Å². The number of nitrogens with one attached hydrogen (secondary N) is 2. The van der Waals surface area contributed by atoms with Crippen molar-refractivity contribution < 1.29 is 28.3 Å². The lowest BCUT2D eigenvalue weighted by Gasteiger charge is -2.07. The van der Waals surface area contributed by atoms with Crippen molar-refractivity contribution in [2.75, 3.05) is 10.0 Å². The molecule has 0 radical (unpaired) electrons. The van der Waals surface area contributed by atoms with Gasteiger partial charge in [-0.25, -0.2) is 13.4 Å². The molecule has 0 spiro atoms. The van der Waals surface area contributed by atoms with E-state index in [1.807, 2.05) is 0 Å². The topological polar surface area (TPSA) is 151 Å². The second-order valence-corrected chi connectivity index (χ2v) is 9.99. The van der Waals surface area contributed by atoms with Crippen molar-refractivity contribution >= 4 is 54.8 Å². The molecule has 1 amide bonds. The van der Waals surface area contributed by atoms with Crippen LogP contribution in [0.1, 0.15) is 28.5 Å². The number of benzene rings is 2. The highest BCUT2D eigenvalue weighted by Crippen LogP contribution is 2.35. The van der Waals surface area contributed by atoms with Gasteiger partial charge in [0.25, 0.3) is 10.0 Å². The van der Waals surface area contributed by atoms with E-state index in [2.05, 4.69) is 15.0 Å². The van der Waals surface area contributed by atoms with Gasteiger partial charge in [0.1, 0.15) is 0 Å². The molecular weight excluding hydrogens is 468 g/mol. The molecule has 10 nitrogen and oxygen atoms in total. The van der Waals surface area contributed by atoms with Crippen molar-refractivity contribution in [1.29, 1.82) is 0 Å². The van der Waals surface area contributed by atoms with E-state index in [0.717, 1.165) is 11.3 Å². The molecule has 0 aliphatic heterocycles. The number of ketones is 1. The van der Waals surface area contributed by atoms with Crippen molar-refractivity contribution in [1.82, 2.24) is 9.71 Å². The number of rotatable bonds is 6. The zero-order valence-electron chi connectivity index (χ0n) is 17.4. The summed E-state index contributed by atoms with van der Waals surface area (Å²) >= 11 is 0.796. The Kier molecular flexibility index (Phi) is 5.56. The molecule has 4 rings (SSSR count). The molecule has 170 valence electrons. The average Bonchev–Trinajstić information content (AvgIpc) is 3.25. The lowest BCUT2D eigenvalue weighted by atomic mass is 10.0. The fraction of sp³-hybridized carbons (Fsp3) is 0.0952. The van der Waals surface area contributed by atoms with Crippen LogP contribution in [0.4, 0.5) is 10.8 Å². The number of carbonyl (C=O) groups is 2. The third-order valence-corrected chi connectivity index (χ3v) is 7.78. The van der Waals surface area contributed by atoms with Crippen molar-refractivity contribution in [2.24, 2.45) is 0 Å². The number of thiazole rings is 1. The SMILES string of the molecule is CC(=O)Nc1nc(C)c(S(=O)(=O)Nc2ccc3c(C(=O)c4ccccc4)c(O)n(O)c3c2)s1. The lowest BCUT2D eigenvalue weighted by molar-refractivity contribution is -0.114.